The highest BCUT2D eigenvalue weighted by atomic mass is 32.2. The molecule has 0 radical (unpaired) electrons. The number of hydrogen-bond donors (Lipinski definition) is 2. The van der Waals surface area contributed by atoms with Crippen LogP contribution in [0.25, 0.3) is 0 Å². The molecule has 0 saturated carbocycles. The van der Waals surface area contributed by atoms with Crippen LogP contribution in [0, 0.1) is 0 Å². The molecular formula is C10H13N3O2S2. The molecule has 0 unspecified atom stereocenters. The summed E-state index contributed by atoms with van der Waals surface area (Å²) in [4.78, 5) is 0.225. The molecule has 0 spiro atoms. The fraction of sp³-hybridized carbons (Fsp3) is 0.300. The van der Waals surface area contributed by atoms with Crippen molar-refractivity contribution < 1.29 is 8.42 Å². The molecule has 5 nitrogen and oxygen atoms in total. The minimum absolute atomic E-state index is 0.225. The average Bonchev–Trinajstić information content (AvgIpc) is 2.29. The Morgan fingerprint density at radius 3 is 2.88 bits per heavy atom. The highest BCUT2D eigenvalue weighted by Crippen LogP contribution is 2.28. The van der Waals surface area contributed by atoms with Gasteiger partial charge in [-0.1, -0.05) is 23.9 Å². The van der Waals surface area contributed by atoms with Crippen LogP contribution in [0.4, 0.5) is 5.69 Å². The van der Waals surface area contributed by atoms with Crippen molar-refractivity contribution in [2.45, 2.75) is 11.3 Å². The number of nitrogens with one attached hydrogen (secondary N) is 1. The maximum Gasteiger partial charge on any atom is 0.286 e. The molecule has 0 amide bonds. The second kappa shape index (κ2) is 5.07. The first kappa shape index (κ1) is 12.4. The molecule has 1 heterocycles. The summed E-state index contributed by atoms with van der Waals surface area (Å²) in [6.07, 6.45) is 0.826. The van der Waals surface area contributed by atoms with Gasteiger partial charge in [-0.2, -0.15) is 8.42 Å². The summed E-state index contributed by atoms with van der Waals surface area (Å²) in [6, 6.07) is 6.74. The maximum absolute atomic E-state index is 11.9. The number of fused-ring (bicyclic) bond motifs is 1. The van der Waals surface area contributed by atoms with Crippen molar-refractivity contribution in [3.63, 3.8) is 0 Å². The van der Waals surface area contributed by atoms with Crippen molar-refractivity contribution in [1.29, 1.82) is 0 Å². The monoisotopic (exact) mass is 271 g/mol. The summed E-state index contributed by atoms with van der Waals surface area (Å²) in [5.74, 6) is 0.750. The van der Waals surface area contributed by atoms with Gasteiger partial charge < -0.3 is 11.1 Å². The van der Waals surface area contributed by atoms with Gasteiger partial charge in [0.15, 0.2) is 5.17 Å². The van der Waals surface area contributed by atoms with Crippen molar-refractivity contribution >= 4 is 32.6 Å². The van der Waals surface area contributed by atoms with E-state index in [0.29, 0.717) is 17.4 Å². The Labute approximate surface area is 105 Å². The highest BCUT2D eigenvalue weighted by molar-refractivity contribution is 8.14. The second-order valence-electron chi connectivity index (χ2n) is 3.48. The first-order chi connectivity index (χ1) is 8.13. The van der Waals surface area contributed by atoms with Crippen molar-refractivity contribution in [3.05, 3.63) is 24.3 Å². The maximum atomic E-state index is 11.9. The molecule has 1 aromatic carbocycles. The smallest absolute Gasteiger partial charge is 0.286 e. The third-order valence-electron chi connectivity index (χ3n) is 2.20. The van der Waals surface area contributed by atoms with E-state index in [4.69, 9.17) is 5.73 Å². The number of rotatable bonds is 3. The summed E-state index contributed by atoms with van der Waals surface area (Å²) in [7, 11) is -3.55. The van der Waals surface area contributed by atoms with Crippen LogP contribution < -0.4 is 11.1 Å². The zero-order valence-corrected chi connectivity index (χ0v) is 10.7. The number of hydrogen-bond acceptors (Lipinski definition) is 5. The van der Waals surface area contributed by atoms with Crippen LogP contribution in [0.3, 0.4) is 0 Å². The molecule has 1 aliphatic heterocycles. The predicted molar refractivity (Wildman–Crippen MR) is 70.8 cm³/mol. The van der Waals surface area contributed by atoms with E-state index >= 15 is 0 Å². The Kier molecular flexibility index (Phi) is 3.70. The summed E-state index contributed by atoms with van der Waals surface area (Å²) >= 11 is 1.37. The van der Waals surface area contributed by atoms with Crippen LogP contribution in [0.2, 0.25) is 0 Å². The van der Waals surface area contributed by atoms with Crippen molar-refractivity contribution in [3.8, 4) is 0 Å². The van der Waals surface area contributed by atoms with Crippen LogP contribution in [0.15, 0.2) is 33.6 Å². The minimum Gasteiger partial charge on any atom is -0.333 e. The zero-order valence-electron chi connectivity index (χ0n) is 9.09. The van der Waals surface area contributed by atoms with Gasteiger partial charge in [-0.3, -0.25) is 0 Å². The quantitative estimate of drug-likeness (QED) is 0.808. The SMILES string of the molecule is NCCCSC1=NS(=O)(=O)c2ccccc2N1. The molecule has 0 fully saturated rings. The molecule has 17 heavy (non-hydrogen) atoms. The van der Waals surface area contributed by atoms with Gasteiger partial charge in [0, 0.05) is 5.75 Å². The molecule has 0 atom stereocenters. The number of anilines is 1. The lowest BCUT2D eigenvalue weighted by molar-refractivity contribution is 0.598. The average molecular weight is 271 g/mol. The van der Waals surface area contributed by atoms with E-state index < -0.39 is 10.0 Å². The third kappa shape index (κ3) is 2.80. The van der Waals surface area contributed by atoms with Gasteiger partial charge in [-0.05, 0) is 25.1 Å². The molecule has 1 aliphatic rings. The predicted octanol–water partition coefficient (Wildman–Crippen LogP) is 1.24. The summed E-state index contributed by atoms with van der Waals surface area (Å²) in [5.41, 5.74) is 5.96. The Morgan fingerprint density at radius 1 is 1.35 bits per heavy atom. The molecule has 0 bridgehead atoms. The van der Waals surface area contributed by atoms with Crippen LogP contribution >= 0.6 is 11.8 Å². The van der Waals surface area contributed by atoms with E-state index in [0.717, 1.165) is 12.2 Å². The van der Waals surface area contributed by atoms with E-state index in [-0.39, 0.29) is 4.90 Å². The lowest BCUT2D eigenvalue weighted by atomic mass is 10.3. The van der Waals surface area contributed by atoms with Gasteiger partial charge in [0.2, 0.25) is 0 Å². The van der Waals surface area contributed by atoms with E-state index in [1.807, 2.05) is 0 Å². The number of sulfonamides is 1. The number of benzene rings is 1. The van der Waals surface area contributed by atoms with E-state index in [1.54, 1.807) is 24.3 Å². The fourth-order valence-corrected chi connectivity index (χ4v) is 3.61. The molecule has 0 saturated heterocycles. The largest absolute Gasteiger partial charge is 0.333 e. The van der Waals surface area contributed by atoms with Gasteiger partial charge >= 0.3 is 0 Å². The number of nitrogens with zero attached hydrogens (tertiary/aromatic N) is 1. The fourth-order valence-electron chi connectivity index (χ4n) is 1.41. The van der Waals surface area contributed by atoms with E-state index in [9.17, 15) is 8.42 Å². The van der Waals surface area contributed by atoms with Crippen LogP contribution in [-0.4, -0.2) is 25.9 Å². The van der Waals surface area contributed by atoms with Gasteiger partial charge in [0.25, 0.3) is 10.0 Å². The molecule has 0 aliphatic carbocycles. The first-order valence-electron chi connectivity index (χ1n) is 5.17. The van der Waals surface area contributed by atoms with E-state index in [2.05, 4.69) is 9.71 Å². The Hall–Kier alpha value is -1.05. The number of amidine groups is 1. The normalized spacial score (nSPS) is 16.9. The zero-order chi connectivity index (χ0) is 12.3. The van der Waals surface area contributed by atoms with Crippen LogP contribution in [0.1, 0.15) is 6.42 Å². The summed E-state index contributed by atoms with van der Waals surface area (Å²) in [6.45, 7) is 0.587. The lowest BCUT2D eigenvalue weighted by Gasteiger charge is -2.17. The standard InChI is InChI=1S/C10H13N3O2S2/c11-6-3-7-16-10-12-8-4-1-2-5-9(8)17(14,15)13-10/h1-2,4-5H,3,6-7,11H2,(H,12,13). The molecule has 2 rings (SSSR count). The van der Waals surface area contributed by atoms with Gasteiger partial charge in [0.1, 0.15) is 4.90 Å². The Balaban J connectivity index is 2.23. The lowest BCUT2D eigenvalue weighted by Crippen LogP contribution is -2.19. The molecule has 0 aromatic heterocycles. The molecule has 92 valence electrons. The molecule has 3 N–H and O–H groups in total. The minimum atomic E-state index is -3.55. The summed E-state index contributed by atoms with van der Waals surface area (Å²) < 4.78 is 27.4. The Morgan fingerprint density at radius 2 is 2.12 bits per heavy atom. The van der Waals surface area contributed by atoms with Crippen molar-refractivity contribution in [2.75, 3.05) is 17.6 Å². The molecule has 1 aromatic rings. The number of para-hydroxylation sites is 1. The van der Waals surface area contributed by atoms with Crippen LogP contribution in [-0.2, 0) is 10.0 Å². The van der Waals surface area contributed by atoms with Gasteiger partial charge in [0.05, 0.1) is 5.69 Å². The number of nitrogens with two attached hydrogens (primary N) is 1. The summed E-state index contributed by atoms with van der Waals surface area (Å²) in [5, 5.41) is 3.42. The molecular weight excluding hydrogens is 258 g/mol. The second-order valence-corrected chi connectivity index (χ2v) is 6.14. The Bertz CT molecular complexity index is 540. The topological polar surface area (TPSA) is 84.5 Å². The highest BCUT2D eigenvalue weighted by Gasteiger charge is 2.24. The third-order valence-corrected chi connectivity index (χ3v) is 4.61. The molecule has 7 heteroatoms. The van der Waals surface area contributed by atoms with Crippen molar-refractivity contribution in [1.82, 2.24) is 0 Å². The van der Waals surface area contributed by atoms with Crippen LogP contribution in [0.5, 0.6) is 0 Å². The van der Waals surface area contributed by atoms with Gasteiger partial charge in [-0.15, -0.1) is 4.40 Å². The number of thioether (sulfide) groups is 1. The van der Waals surface area contributed by atoms with E-state index in [1.165, 1.54) is 11.8 Å². The van der Waals surface area contributed by atoms with Gasteiger partial charge in [-0.25, -0.2) is 0 Å². The van der Waals surface area contributed by atoms with Crippen molar-refractivity contribution in [2.24, 2.45) is 10.1 Å². The first-order valence-corrected chi connectivity index (χ1v) is 7.60.